The fourth-order valence-electron chi connectivity index (χ4n) is 1.59. The SMILES string of the molecule is O=[N+]([O-])c1ccc(N/N=C\c2ccc(Br)c([N+](=O)[O-])c2)cc1. The maximum Gasteiger partial charge on any atom is 0.284 e. The van der Waals surface area contributed by atoms with Crippen LogP contribution in [-0.2, 0) is 0 Å². The van der Waals surface area contributed by atoms with E-state index in [4.69, 9.17) is 0 Å². The molecule has 9 heteroatoms. The zero-order valence-electron chi connectivity index (χ0n) is 11.0. The van der Waals surface area contributed by atoms with Crippen molar-refractivity contribution in [1.82, 2.24) is 0 Å². The van der Waals surface area contributed by atoms with Gasteiger partial charge in [0.15, 0.2) is 0 Å². The van der Waals surface area contributed by atoms with Gasteiger partial charge in [0.05, 0.1) is 26.2 Å². The first kappa shape index (κ1) is 15.6. The van der Waals surface area contributed by atoms with E-state index in [2.05, 4.69) is 26.5 Å². The molecule has 0 atom stereocenters. The number of hydrazone groups is 1. The zero-order valence-corrected chi connectivity index (χ0v) is 12.6. The molecule has 0 saturated carbocycles. The fraction of sp³-hybridized carbons (Fsp3) is 0. The minimum Gasteiger partial charge on any atom is -0.278 e. The van der Waals surface area contributed by atoms with E-state index in [9.17, 15) is 20.2 Å². The number of hydrogen-bond acceptors (Lipinski definition) is 6. The Labute approximate surface area is 132 Å². The number of nitro groups is 2. The summed E-state index contributed by atoms with van der Waals surface area (Å²) in [6.45, 7) is 0. The van der Waals surface area contributed by atoms with Gasteiger partial charge in [0.25, 0.3) is 11.4 Å². The lowest BCUT2D eigenvalue weighted by atomic mass is 10.2. The molecule has 0 aliphatic heterocycles. The molecular weight excluding hydrogens is 356 g/mol. The van der Waals surface area contributed by atoms with E-state index >= 15 is 0 Å². The van der Waals surface area contributed by atoms with Gasteiger partial charge < -0.3 is 0 Å². The highest BCUT2D eigenvalue weighted by molar-refractivity contribution is 9.10. The quantitative estimate of drug-likeness (QED) is 0.493. The van der Waals surface area contributed by atoms with E-state index in [1.54, 1.807) is 12.1 Å². The highest BCUT2D eigenvalue weighted by Gasteiger charge is 2.11. The Balaban J connectivity index is 2.08. The van der Waals surface area contributed by atoms with Gasteiger partial charge in [-0.3, -0.25) is 25.7 Å². The van der Waals surface area contributed by atoms with E-state index in [-0.39, 0.29) is 11.4 Å². The summed E-state index contributed by atoms with van der Waals surface area (Å²) in [5.41, 5.74) is 3.72. The minimum absolute atomic E-state index is 0.0157. The van der Waals surface area contributed by atoms with E-state index in [1.807, 2.05) is 0 Å². The Morgan fingerprint density at radius 3 is 2.32 bits per heavy atom. The first-order chi connectivity index (χ1) is 10.5. The van der Waals surface area contributed by atoms with Crippen LogP contribution in [0.5, 0.6) is 0 Å². The van der Waals surface area contributed by atoms with Crippen molar-refractivity contribution in [2.24, 2.45) is 5.10 Å². The van der Waals surface area contributed by atoms with Crippen LogP contribution in [0.3, 0.4) is 0 Å². The van der Waals surface area contributed by atoms with Crippen LogP contribution < -0.4 is 5.43 Å². The van der Waals surface area contributed by atoms with Crippen molar-refractivity contribution >= 4 is 39.2 Å². The van der Waals surface area contributed by atoms with Crippen LogP contribution >= 0.6 is 15.9 Å². The van der Waals surface area contributed by atoms with Crippen LogP contribution in [0.2, 0.25) is 0 Å². The Kier molecular flexibility index (Phi) is 4.79. The predicted molar refractivity (Wildman–Crippen MR) is 85.1 cm³/mol. The monoisotopic (exact) mass is 364 g/mol. The van der Waals surface area contributed by atoms with Gasteiger partial charge >= 0.3 is 0 Å². The van der Waals surface area contributed by atoms with Crippen molar-refractivity contribution in [3.8, 4) is 0 Å². The summed E-state index contributed by atoms with van der Waals surface area (Å²) >= 11 is 3.10. The van der Waals surface area contributed by atoms with Crippen molar-refractivity contribution < 1.29 is 9.85 Å². The average molecular weight is 365 g/mol. The van der Waals surface area contributed by atoms with Gasteiger partial charge in [-0.25, -0.2) is 0 Å². The van der Waals surface area contributed by atoms with E-state index in [0.29, 0.717) is 15.7 Å². The second-order valence-corrected chi connectivity index (χ2v) is 5.00. The summed E-state index contributed by atoms with van der Waals surface area (Å²) in [6, 6.07) is 10.3. The van der Waals surface area contributed by atoms with E-state index in [1.165, 1.54) is 36.5 Å². The van der Waals surface area contributed by atoms with Crippen molar-refractivity contribution in [2.75, 3.05) is 5.43 Å². The molecule has 0 amide bonds. The Hall–Kier alpha value is -2.81. The number of anilines is 1. The van der Waals surface area contributed by atoms with Gasteiger partial charge in [0.2, 0.25) is 0 Å². The molecule has 0 bridgehead atoms. The van der Waals surface area contributed by atoms with E-state index in [0.717, 1.165) is 0 Å². The third-order valence-electron chi connectivity index (χ3n) is 2.65. The average Bonchev–Trinajstić information content (AvgIpc) is 2.49. The zero-order chi connectivity index (χ0) is 16.1. The molecule has 0 spiro atoms. The summed E-state index contributed by atoms with van der Waals surface area (Å²) in [4.78, 5) is 20.4. The first-order valence-electron chi connectivity index (χ1n) is 5.95. The second kappa shape index (κ2) is 6.76. The minimum atomic E-state index is -0.495. The van der Waals surface area contributed by atoms with Gasteiger partial charge in [-0.05, 0) is 34.1 Å². The largest absolute Gasteiger partial charge is 0.284 e. The van der Waals surface area contributed by atoms with Gasteiger partial charge in [0.1, 0.15) is 0 Å². The molecule has 0 unspecified atom stereocenters. The van der Waals surface area contributed by atoms with Crippen LogP contribution in [0.25, 0.3) is 0 Å². The molecule has 2 aromatic rings. The maximum atomic E-state index is 10.8. The molecule has 1 N–H and O–H groups in total. The standard InChI is InChI=1S/C13H9BrN4O4/c14-12-6-1-9(7-13(12)18(21)22)8-15-16-10-2-4-11(5-3-10)17(19)20/h1-8,16H/b15-8-. The molecule has 0 aliphatic rings. The lowest BCUT2D eigenvalue weighted by Crippen LogP contribution is -1.94. The topological polar surface area (TPSA) is 111 Å². The highest BCUT2D eigenvalue weighted by atomic mass is 79.9. The lowest BCUT2D eigenvalue weighted by molar-refractivity contribution is -0.385. The number of hydrogen-bond donors (Lipinski definition) is 1. The number of rotatable bonds is 5. The molecule has 0 fully saturated rings. The van der Waals surface area contributed by atoms with Crippen molar-refractivity contribution in [3.63, 3.8) is 0 Å². The van der Waals surface area contributed by atoms with Gasteiger partial charge in [0, 0.05) is 23.8 Å². The third kappa shape index (κ3) is 3.85. The molecule has 0 aromatic heterocycles. The second-order valence-electron chi connectivity index (χ2n) is 4.14. The molecule has 8 nitrogen and oxygen atoms in total. The summed E-state index contributed by atoms with van der Waals surface area (Å²) < 4.78 is 0.387. The molecule has 2 aromatic carbocycles. The first-order valence-corrected chi connectivity index (χ1v) is 6.74. The number of non-ortho nitro benzene ring substituents is 1. The summed E-state index contributed by atoms with van der Waals surface area (Å²) in [7, 11) is 0. The van der Waals surface area contributed by atoms with Crippen molar-refractivity contribution in [1.29, 1.82) is 0 Å². The number of nitrogens with one attached hydrogen (secondary N) is 1. The summed E-state index contributed by atoms with van der Waals surface area (Å²) in [5.74, 6) is 0. The molecule has 0 radical (unpaired) electrons. The Morgan fingerprint density at radius 2 is 1.73 bits per heavy atom. The van der Waals surface area contributed by atoms with Crippen LogP contribution in [0.4, 0.5) is 17.1 Å². The number of nitro benzene ring substituents is 2. The van der Waals surface area contributed by atoms with Crippen molar-refractivity contribution in [2.45, 2.75) is 0 Å². The van der Waals surface area contributed by atoms with Gasteiger partial charge in [-0.15, -0.1) is 0 Å². The fourth-order valence-corrected chi connectivity index (χ4v) is 1.98. The van der Waals surface area contributed by atoms with E-state index < -0.39 is 9.85 Å². The number of halogens is 1. The molecule has 0 saturated heterocycles. The Bertz CT molecular complexity index is 746. The van der Waals surface area contributed by atoms with Gasteiger partial charge in [-0.1, -0.05) is 6.07 Å². The van der Waals surface area contributed by atoms with Crippen molar-refractivity contribution in [3.05, 3.63) is 72.7 Å². The van der Waals surface area contributed by atoms with Crippen LogP contribution in [0.15, 0.2) is 52.0 Å². The summed E-state index contributed by atoms with van der Waals surface area (Å²) in [6.07, 6.45) is 1.42. The molecule has 2 rings (SSSR count). The molecular formula is C13H9BrN4O4. The lowest BCUT2D eigenvalue weighted by Gasteiger charge is -2.00. The molecule has 22 heavy (non-hydrogen) atoms. The number of nitrogens with zero attached hydrogens (tertiary/aromatic N) is 3. The maximum absolute atomic E-state index is 10.8. The summed E-state index contributed by atoms with van der Waals surface area (Å²) in [5, 5.41) is 25.3. The third-order valence-corrected chi connectivity index (χ3v) is 3.32. The van der Waals surface area contributed by atoms with Crippen LogP contribution in [0, 0.1) is 20.2 Å². The highest BCUT2D eigenvalue weighted by Crippen LogP contribution is 2.25. The predicted octanol–water partition coefficient (Wildman–Crippen LogP) is 3.71. The molecule has 0 heterocycles. The van der Waals surface area contributed by atoms with Crippen LogP contribution in [-0.4, -0.2) is 16.1 Å². The molecule has 112 valence electrons. The van der Waals surface area contributed by atoms with Gasteiger partial charge in [-0.2, -0.15) is 5.10 Å². The smallest absolute Gasteiger partial charge is 0.278 e. The normalized spacial score (nSPS) is 10.6. The molecule has 0 aliphatic carbocycles. The van der Waals surface area contributed by atoms with Crippen LogP contribution in [0.1, 0.15) is 5.56 Å². The Morgan fingerprint density at radius 1 is 1.05 bits per heavy atom. The number of benzene rings is 2.